The fraction of sp³-hybridized carbons (Fsp3) is 0.143. The summed E-state index contributed by atoms with van der Waals surface area (Å²) in [6.07, 6.45) is 3.04. The van der Waals surface area contributed by atoms with Crippen LogP contribution in [0.1, 0.15) is 5.69 Å². The highest BCUT2D eigenvalue weighted by Gasteiger charge is 2.03. The Balaban J connectivity index is 2.34. The highest BCUT2D eigenvalue weighted by molar-refractivity contribution is 7.03. The quantitative estimate of drug-likeness (QED) is 0.763. The van der Waals surface area contributed by atoms with Crippen LogP contribution in [0.2, 0.25) is 5.15 Å². The summed E-state index contributed by atoms with van der Waals surface area (Å²) in [5.74, 6) is 0. The molecule has 0 aliphatic carbocycles. The van der Waals surface area contributed by atoms with Crippen LogP contribution in [0, 0.1) is 0 Å². The average Bonchev–Trinajstić information content (AvgIpc) is 2.66. The van der Waals surface area contributed by atoms with E-state index in [2.05, 4.69) is 14.6 Å². The lowest BCUT2D eigenvalue weighted by Gasteiger charge is -2.01. The first-order chi connectivity index (χ1) is 6.77. The van der Waals surface area contributed by atoms with Crippen molar-refractivity contribution in [3.63, 3.8) is 0 Å². The summed E-state index contributed by atoms with van der Waals surface area (Å²) in [5.41, 5.74) is 0.418. The van der Waals surface area contributed by atoms with Crippen LogP contribution < -0.4 is 5.56 Å². The second-order valence-electron chi connectivity index (χ2n) is 2.55. The Morgan fingerprint density at radius 3 is 3.14 bits per heavy atom. The molecule has 0 N–H and O–H groups in total. The molecule has 0 aromatic carbocycles. The molecular weight excluding hydrogens is 224 g/mol. The maximum absolute atomic E-state index is 11.4. The lowest BCUT2D eigenvalue weighted by molar-refractivity contribution is 0.726. The predicted molar refractivity (Wildman–Crippen MR) is 52.5 cm³/mol. The van der Waals surface area contributed by atoms with Crippen LogP contribution in [0.15, 0.2) is 22.6 Å². The predicted octanol–water partition coefficient (Wildman–Crippen LogP) is 0.796. The van der Waals surface area contributed by atoms with Crippen molar-refractivity contribution >= 4 is 23.1 Å². The van der Waals surface area contributed by atoms with Crippen LogP contribution in [0.5, 0.6) is 0 Å². The molecule has 0 radical (unpaired) electrons. The summed E-state index contributed by atoms with van der Waals surface area (Å²) in [7, 11) is 0. The van der Waals surface area contributed by atoms with E-state index in [9.17, 15) is 4.79 Å². The maximum atomic E-state index is 11.4. The molecule has 0 saturated carbocycles. The minimum absolute atomic E-state index is 0.0318. The molecule has 2 rings (SSSR count). The molecule has 0 amide bonds. The van der Waals surface area contributed by atoms with Crippen molar-refractivity contribution in [3.8, 4) is 0 Å². The molecule has 2 aromatic rings. The third kappa shape index (κ3) is 1.80. The fourth-order valence-electron chi connectivity index (χ4n) is 0.973. The van der Waals surface area contributed by atoms with Gasteiger partial charge in [0.15, 0.2) is 5.15 Å². The van der Waals surface area contributed by atoms with E-state index in [-0.39, 0.29) is 10.7 Å². The Kier molecular flexibility index (Phi) is 2.55. The van der Waals surface area contributed by atoms with Gasteiger partial charge in [0.25, 0.3) is 5.56 Å². The van der Waals surface area contributed by atoms with Gasteiger partial charge in [-0.1, -0.05) is 16.1 Å². The third-order valence-corrected chi connectivity index (χ3v) is 2.42. The molecule has 2 aromatic heterocycles. The number of rotatable bonds is 2. The zero-order chi connectivity index (χ0) is 9.97. The first kappa shape index (κ1) is 9.29. The number of hydrogen-bond acceptors (Lipinski definition) is 5. The van der Waals surface area contributed by atoms with Crippen molar-refractivity contribution in [1.82, 2.24) is 19.1 Å². The molecule has 0 aliphatic rings. The number of nitrogens with zero attached hydrogens (tertiary/aromatic N) is 4. The highest BCUT2D eigenvalue weighted by Crippen LogP contribution is 2.00. The summed E-state index contributed by atoms with van der Waals surface area (Å²) in [6, 6.07) is 0. The molecule has 0 aliphatic heterocycles. The van der Waals surface area contributed by atoms with Gasteiger partial charge in [-0.3, -0.25) is 4.79 Å². The monoisotopic (exact) mass is 228 g/mol. The van der Waals surface area contributed by atoms with E-state index in [0.29, 0.717) is 6.54 Å². The van der Waals surface area contributed by atoms with E-state index >= 15 is 0 Å². The SMILES string of the molecule is O=c1c(Cl)nccn1Cc1csnn1. The molecule has 0 spiro atoms. The molecule has 7 heteroatoms. The topological polar surface area (TPSA) is 60.7 Å². The Bertz CT molecular complexity index is 481. The molecule has 72 valence electrons. The van der Waals surface area contributed by atoms with Crippen LogP contribution >= 0.6 is 23.1 Å². The molecule has 0 unspecified atom stereocenters. The van der Waals surface area contributed by atoms with Gasteiger partial charge >= 0.3 is 0 Å². The van der Waals surface area contributed by atoms with E-state index in [4.69, 9.17) is 11.6 Å². The summed E-state index contributed by atoms with van der Waals surface area (Å²) < 4.78 is 5.13. The molecule has 5 nitrogen and oxygen atoms in total. The Morgan fingerprint density at radius 1 is 1.57 bits per heavy atom. The first-order valence-corrected chi connectivity index (χ1v) is 4.95. The molecular formula is C7H5ClN4OS. The normalized spacial score (nSPS) is 10.4. The second-order valence-corrected chi connectivity index (χ2v) is 3.52. The van der Waals surface area contributed by atoms with Crippen molar-refractivity contribution in [2.75, 3.05) is 0 Å². The summed E-state index contributed by atoms with van der Waals surface area (Å²) in [5, 5.41) is 5.57. The van der Waals surface area contributed by atoms with Crippen LogP contribution in [0.4, 0.5) is 0 Å². The highest BCUT2D eigenvalue weighted by atomic mass is 35.5. The van der Waals surface area contributed by atoms with Gasteiger partial charge in [0.05, 0.1) is 12.2 Å². The van der Waals surface area contributed by atoms with E-state index in [1.807, 2.05) is 0 Å². The van der Waals surface area contributed by atoms with Crippen molar-refractivity contribution in [2.24, 2.45) is 0 Å². The maximum Gasteiger partial charge on any atom is 0.288 e. The van der Waals surface area contributed by atoms with Crippen molar-refractivity contribution in [1.29, 1.82) is 0 Å². The van der Waals surface area contributed by atoms with Gasteiger partial charge < -0.3 is 4.57 Å². The minimum Gasteiger partial charge on any atom is -0.305 e. The zero-order valence-electron chi connectivity index (χ0n) is 6.92. The fourth-order valence-corrected chi connectivity index (χ4v) is 1.58. The van der Waals surface area contributed by atoms with E-state index < -0.39 is 0 Å². The lowest BCUT2D eigenvalue weighted by Crippen LogP contribution is -2.21. The summed E-state index contributed by atoms with van der Waals surface area (Å²) in [4.78, 5) is 15.1. The number of hydrogen-bond donors (Lipinski definition) is 0. The second kappa shape index (κ2) is 3.85. The summed E-state index contributed by atoms with van der Waals surface area (Å²) in [6.45, 7) is 0.373. The van der Waals surface area contributed by atoms with Crippen LogP contribution in [0.25, 0.3) is 0 Å². The van der Waals surface area contributed by atoms with Crippen molar-refractivity contribution in [2.45, 2.75) is 6.54 Å². The summed E-state index contributed by atoms with van der Waals surface area (Å²) >= 11 is 6.82. The van der Waals surface area contributed by atoms with Gasteiger partial charge in [0.2, 0.25) is 0 Å². The first-order valence-electron chi connectivity index (χ1n) is 3.74. The zero-order valence-corrected chi connectivity index (χ0v) is 8.49. The largest absolute Gasteiger partial charge is 0.305 e. The number of halogens is 1. The van der Waals surface area contributed by atoms with E-state index in [1.165, 1.54) is 22.3 Å². The number of aromatic nitrogens is 4. The van der Waals surface area contributed by atoms with Crippen molar-refractivity contribution < 1.29 is 0 Å². The van der Waals surface area contributed by atoms with Gasteiger partial charge in [-0.05, 0) is 11.5 Å². The lowest BCUT2D eigenvalue weighted by atomic mass is 10.5. The molecule has 14 heavy (non-hydrogen) atoms. The van der Waals surface area contributed by atoms with Gasteiger partial charge in [-0.2, -0.15) is 0 Å². The molecule has 2 heterocycles. The van der Waals surface area contributed by atoms with Gasteiger partial charge in [-0.15, -0.1) is 5.10 Å². The van der Waals surface area contributed by atoms with Crippen LogP contribution in [-0.4, -0.2) is 19.1 Å². The van der Waals surface area contributed by atoms with Crippen molar-refractivity contribution in [3.05, 3.63) is 39.0 Å². The van der Waals surface area contributed by atoms with E-state index in [0.717, 1.165) is 5.69 Å². The Hall–Kier alpha value is -1.27. The molecule has 0 atom stereocenters. The minimum atomic E-state index is -0.317. The van der Waals surface area contributed by atoms with Gasteiger partial charge in [0, 0.05) is 17.8 Å². The molecule has 0 saturated heterocycles. The molecule has 0 fully saturated rings. The van der Waals surface area contributed by atoms with Gasteiger partial charge in [0.1, 0.15) is 0 Å². The van der Waals surface area contributed by atoms with E-state index in [1.54, 1.807) is 11.6 Å². The Labute approximate surface area is 88.2 Å². The average molecular weight is 229 g/mol. The molecule has 0 bridgehead atoms. The van der Waals surface area contributed by atoms with Crippen LogP contribution in [0.3, 0.4) is 0 Å². The standard InChI is InChI=1S/C7H5ClN4OS/c8-6-7(13)12(2-1-9-6)3-5-4-14-11-10-5/h1-2,4H,3H2. The third-order valence-electron chi connectivity index (χ3n) is 1.61. The van der Waals surface area contributed by atoms with Gasteiger partial charge in [-0.25, -0.2) is 4.98 Å². The Morgan fingerprint density at radius 2 is 2.43 bits per heavy atom. The smallest absolute Gasteiger partial charge is 0.288 e. The van der Waals surface area contributed by atoms with Crippen LogP contribution in [-0.2, 0) is 6.54 Å².